The van der Waals surface area contributed by atoms with Gasteiger partial charge in [0.1, 0.15) is 5.52 Å². The smallest absolute Gasteiger partial charge is 0.338 e. The summed E-state index contributed by atoms with van der Waals surface area (Å²) in [5, 5.41) is 15.9. The largest absolute Gasteiger partial charge is 0.348 e. The van der Waals surface area contributed by atoms with E-state index in [1.165, 1.54) is 0 Å². The van der Waals surface area contributed by atoms with Crippen molar-refractivity contribution in [1.82, 2.24) is 14.5 Å². The van der Waals surface area contributed by atoms with Crippen molar-refractivity contribution in [2.24, 2.45) is 0 Å². The van der Waals surface area contributed by atoms with Crippen LogP contribution in [0.2, 0.25) is 0 Å². The van der Waals surface area contributed by atoms with Crippen LogP contribution in [-0.4, -0.2) is 53.2 Å². The first-order valence-corrected chi connectivity index (χ1v) is 7.06. The van der Waals surface area contributed by atoms with E-state index < -0.39 is 0 Å². The Morgan fingerprint density at radius 3 is 2.67 bits per heavy atom. The lowest BCUT2D eigenvalue weighted by molar-refractivity contribution is -0.382. The number of hydrogen-bond acceptors (Lipinski definition) is 5. The summed E-state index contributed by atoms with van der Waals surface area (Å²) < 4.78 is 1.58. The highest BCUT2D eigenvalue weighted by Crippen LogP contribution is 2.31. The first-order chi connectivity index (χ1) is 10.0. The molecule has 0 radical (unpaired) electrons. The second-order valence-electron chi connectivity index (χ2n) is 5.25. The number of nitro groups is 1. The molecule has 0 atom stereocenters. The molecule has 2 aromatic heterocycles. The first kappa shape index (κ1) is 15.2. The zero-order valence-electron chi connectivity index (χ0n) is 12.7. The number of anilines is 1. The van der Waals surface area contributed by atoms with Crippen LogP contribution in [0.1, 0.15) is 13.3 Å². The Morgan fingerprint density at radius 1 is 1.29 bits per heavy atom. The maximum absolute atomic E-state index is 11.5. The number of pyridine rings is 1. The van der Waals surface area contributed by atoms with Crippen LogP contribution in [0.25, 0.3) is 5.52 Å². The SMILES string of the molecule is CCCN(CCN(C)C)c1nn2ccccc2c1[N+](=O)[O-]. The summed E-state index contributed by atoms with van der Waals surface area (Å²) in [6.45, 7) is 4.35. The van der Waals surface area contributed by atoms with E-state index in [-0.39, 0.29) is 10.6 Å². The molecule has 0 aromatic carbocycles. The molecule has 0 spiro atoms. The summed E-state index contributed by atoms with van der Waals surface area (Å²) in [6.07, 6.45) is 2.65. The Bertz CT molecular complexity index is 623. The molecule has 114 valence electrons. The molecular weight excluding hydrogens is 270 g/mol. The third-order valence-corrected chi connectivity index (χ3v) is 3.29. The van der Waals surface area contributed by atoms with E-state index in [0.29, 0.717) is 17.9 Å². The van der Waals surface area contributed by atoms with Crippen molar-refractivity contribution in [3.8, 4) is 0 Å². The van der Waals surface area contributed by atoms with Crippen molar-refractivity contribution in [2.75, 3.05) is 38.6 Å². The molecular formula is C14H21N5O2. The molecule has 7 nitrogen and oxygen atoms in total. The molecule has 0 aliphatic heterocycles. The van der Waals surface area contributed by atoms with Crippen molar-refractivity contribution in [3.05, 3.63) is 34.5 Å². The van der Waals surface area contributed by atoms with E-state index in [1.807, 2.05) is 25.1 Å². The van der Waals surface area contributed by atoms with Gasteiger partial charge in [-0.25, -0.2) is 4.52 Å². The minimum Gasteiger partial charge on any atom is -0.348 e. The minimum absolute atomic E-state index is 0.0859. The van der Waals surface area contributed by atoms with Gasteiger partial charge in [-0.3, -0.25) is 10.1 Å². The zero-order valence-corrected chi connectivity index (χ0v) is 12.7. The second kappa shape index (κ2) is 6.53. The molecule has 21 heavy (non-hydrogen) atoms. The third-order valence-electron chi connectivity index (χ3n) is 3.29. The molecule has 0 unspecified atom stereocenters. The molecule has 7 heteroatoms. The molecule has 0 amide bonds. The first-order valence-electron chi connectivity index (χ1n) is 7.06. The number of aromatic nitrogens is 2. The molecule has 0 aliphatic carbocycles. The average molecular weight is 291 g/mol. The van der Waals surface area contributed by atoms with Gasteiger partial charge >= 0.3 is 5.69 Å². The average Bonchev–Trinajstić information content (AvgIpc) is 2.82. The number of hydrogen-bond donors (Lipinski definition) is 0. The van der Waals surface area contributed by atoms with Crippen LogP contribution in [-0.2, 0) is 0 Å². The molecule has 0 saturated carbocycles. The normalized spacial score (nSPS) is 11.2. The highest BCUT2D eigenvalue weighted by atomic mass is 16.6. The van der Waals surface area contributed by atoms with E-state index >= 15 is 0 Å². The topological polar surface area (TPSA) is 66.9 Å². The number of rotatable bonds is 7. The molecule has 2 aromatic rings. The number of likely N-dealkylation sites (N-methyl/N-ethyl adjacent to an activating group) is 1. The van der Waals surface area contributed by atoms with E-state index in [2.05, 4.69) is 16.9 Å². The van der Waals surface area contributed by atoms with Gasteiger partial charge in [0.2, 0.25) is 5.82 Å². The van der Waals surface area contributed by atoms with Crippen molar-refractivity contribution in [2.45, 2.75) is 13.3 Å². The Labute approximate surface area is 123 Å². The molecule has 2 heterocycles. The maximum atomic E-state index is 11.5. The lowest BCUT2D eigenvalue weighted by Crippen LogP contribution is -2.33. The van der Waals surface area contributed by atoms with Gasteiger partial charge in [-0.15, -0.1) is 5.10 Å². The monoisotopic (exact) mass is 291 g/mol. The van der Waals surface area contributed by atoms with Gasteiger partial charge in [-0.1, -0.05) is 13.0 Å². The van der Waals surface area contributed by atoms with E-state index in [4.69, 9.17) is 0 Å². The predicted molar refractivity (Wildman–Crippen MR) is 82.9 cm³/mol. The maximum Gasteiger partial charge on any atom is 0.338 e. The highest BCUT2D eigenvalue weighted by molar-refractivity contribution is 5.77. The summed E-state index contributed by atoms with van der Waals surface area (Å²) in [6, 6.07) is 5.33. The van der Waals surface area contributed by atoms with Gasteiger partial charge in [0.05, 0.1) is 4.92 Å². The van der Waals surface area contributed by atoms with Crippen molar-refractivity contribution in [3.63, 3.8) is 0 Å². The molecule has 0 saturated heterocycles. The van der Waals surface area contributed by atoms with E-state index in [0.717, 1.165) is 19.5 Å². The Morgan fingerprint density at radius 2 is 2.05 bits per heavy atom. The van der Waals surface area contributed by atoms with Crippen LogP contribution in [0, 0.1) is 10.1 Å². The lowest BCUT2D eigenvalue weighted by atomic mass is 10.3. The minimum atomic E-state index is -0.337. The Hall–Kier alpha value is -2.15. The molecule has 0 bridgehead atoms. The number of fused-ring (bicyclic) bond motifs is 1. The highest BCUT2D eigenvalue weighted by Gasteiger charge is 2.27. The van der Waals surface area contributed by atoms with E-state index in [1.54, 1.807) is 22.8 Å². The summed E-state index contributed by atoms with van der Waals surface area (Å²) in [7, 11) is 3.98. The lowest BCUT2D eigenvalue weighted by Gasteiger charge is -2.22. The summed E-state index contributed by atoms with van der Waals surface area (Å²) in [5.74, 6) is 0.454. The summed E-state index contributed by atoms with van der Waals surface area (Å²) in [5.41, 5.74) is 0.617. The van der Waals surface area contributed by atoms with Crippen molar-refractivity contribution < 1.29 is 4.92 Å². The van der Waals surface area contributed by atoms with Crippen LogP contribution in [0.4, 0.5) is 11.5 Å². The summed E-state index contributed by atoms with van der Waals surface area (Å²) >= 11 is 0. The Balaban J connectivity index is 2.45. The molecule has 0 N–H and O–H groups in total. The standard InChI is InChI=1S/C14H21N5O2/c1-4-8-17(11-10-16(2)3)14-13(19(20)21)12-7-5-6-9-18(12)15-14/h5-7,9H,4,8,10-11H2,1-3H3. The fourth-order valence-corrected chi connectivity index (χ4v) is 2.28. The molecule has 0 aliphatic rings. The van der Waals surface area contributed by atoms with Gasteiger partial charge in [0.15, 0.2) is 0 Å². The fourth-order valence-electron chi connectivity index (χ4n) is 2.28. The van der Waals surface area contributed by atoms with Crippen LogP contribution in [0.15, 0.2) is 24.4 Å². The van der Waals surface area contributed by atoms with Gasteiger partial charge in [-0.05, 0) is 32.6 Å². The van der Waals surface area contributed by atoms with Crippen LogP contribution < -0.4 is 4.90 Å². The van der Waals surface area contributed by atoms with Crippen molar-refractivity contribution >= 4 is 17.0 Å². The van der Waals surface area contributed by atoms with Crippen LogP contribution >= 0.6 is 0 Å². The Kier molecular flexibility index (Phi) is 4.74. The van der Waals surface area contributed by atoms with E-state index in [9.17, 15) is 10.1 Å². The summed E-state index contributed by atoms with van der Waals surface area (Å²) in [4.78, 5) is 15.2. The zero-order chi connectivity index (χ0) is 15.4. The van der Waals surface area contributed by atoms with Gasteiger partial charge in [0, 0.05) is 25.8 Å². The number of nitrogens with zero attached hydrogens (tertiary/aromatic N) is 5. The van der Waals surface area contributed by atoms with Crippen molar-refractivity contribution in [1.29, 1.82) is 0 Å². The van der Waals surface area contributed by atoms with Gasteiger partial charge in [0.25, 0.3) is 0 Å². The molecule has 2 rings (SSSR count). The quantitative estimate of drug-likeness (QED) is 0.576. The molecule has 0 fully saturated rings. The third kappa shape index (κ3) is 3.30. The second-order valence-corrected chi connectivity index (χ2v) is 5.25. The fraction of sp³-hybridized carbons (Fsp3) is 0.500. The van der Waals surface area contributed by atoms with Gasteiger partial charge < -0.3 is 9.80 Å². The predicted octanol–water partition coefficient (Wildman–Crippen LogP) is 2.02. The van der Waals surface area contributed by atoms with Crippen LogP contribution in [0.5, 0.6) is 0 Å². The van der Waals surface area contributed by atoms with Gasteiger partial charge in [-0.2, -0.15) is 0 Å². The van der Waals surface area contributed by atoms with Crippen LogP contribution in [0.3, 0.4) is 0 Å².